The molecule has 3 heterocycles. The molecule has 0 radical (unpaired) electrons. The molecule has 1 aliphatic heterocycles. The van der Waals surface area contributed by atoms with Crippen LogP contribution in [0.5, 0.6) is 0 Å². The van der Waals surface area contributed by atoms with Gasteiger partial charge in [-0.2, -0.15) is 5.10 Å². The second kappa shape index (κ2) is 7.57. The Bertz CT molecular complexity index is 662. The van der Waals surface area contributed by atoms with E-state index in [1.165, 1.54) is 5.56 Å². The smallest absolute Gasteiger partial charge is 0.224 e. The van der Waals surface area contributed by atoms with Gasteiger partial charge in [0.25, 0.3) is 0 Å². The first-order valence-electron chi connectivity index (χ1n) is 8.53. The molecule has 24 heavy (non-hydrogen) atoms. The van der Waals surface area contributed by atoms with Gasteiger partial charge in [0.1, 0.15) is 0 Å². The van der Waals surface area contributed by atoms with E-state index in [-0.39, 0.29) is 11.9 Å². The molecule has 0 bridgehead atoms. The van der Waals surface area contributed by atoms with Gasteiger partial charge in [0, 0.05) is 42.8 Å². The van der Waals surface area contributed by atoms with Crippen molar-refractivity contribution in [3.63, 3.8) is 0 Å². The van der Waals surface area contributed by atoms with E-state index >= 15 is 0 Å². The van der Waals surface area contributed by atoms with Crippen molar-refractivity contribution in [2.75, 3.05) is 13.1 Å². The van der Waals surface area contributed by atoms with Crippen molar-refractivity contribution in [2.24, 2.45) is 0 Å². The van der Waals surface area contributed by atoms with Crippen molar-refractivity contribution >= 4 is 5.91 Å². The second-order valence-corrected chi connectivity index (χ2v) is 6.59. The molecule has 128 valence electrons. The minimum Gasteiger partial charge on any atom is -0.352 e. The lowest BCUT2D eigenvalue weighted by molar-refractivity contribution is -0.121. The van der Waals surface area contributed by atoms with Gasteiger partial charge in [-0.15, -0.1) is 0 Å². The second-order valence-electron chi connectivity index (χ2n) is 6.59. The highest BCUT2D eigenvalue weighted by Crippen LogP contribution is 2.14. The van der Waals surface area contributed by atoms with Gasteiger partial charge < -0.3 is 5.32 Å². The van der Waals surface area contributed by atoms with E-state index in [1.807, 2.05) is 26.1 Å². The molecule has 1 fully saturated rings. The largest absolute Gasteiger partial charge is 0.352 e. The number of amides is 1. The predicted molar refractivity (Wildman–Crippen MR) is 92.4 cm³/mol. The zero-order chi connectivity index (χ0) is 16.9. The minimum absolute atomic E-state index is 0.0795. The molecule has 0 unspecified atom stereocenters. The van der Waals surface area contributed by atoms with Gasteiger partial charge >= 0.3 is 0 Å². The maximum absolute atomic E-state index is 12.4. The lowest BCUT2D eigenvalue weighted by Gasteiger charge is -2.33. The van der Waals surface area contributed by atoms with Gasteiger partial charge in [-0.3, -0.25) is 19.8 Å². The molecule has 3 rings (SSSR count). The monoisotopic (exact) mass is 327 g/mol. The number of aromatic amines is 1. The highest BCUT2D eigenvalue weighted by atomic mass is 16.1. The fourth-order valence-electron chi connectivity index (χ4n) is 3.34. The Morgan fingerprint density at radius 2 is 2.33 bits per heavy atom. The molecule has 1 atom stereocenters. The number of hydrogen-bond acceptors (Lipinski definition) is 4. The fraction of sp³-hybridized carbons (Fsp3) is 0.500. The van der Waals surface area contributed by atoms with Crippen LogP contribution in [0.15, 0.2) is 24.5 Å². The summed E-state index contributed by atoms with van der Waals surface area (Å²) < 4.78 is 0. The molecule has 0 aromatic carbocycles. The summed E-state index contributed by atoms with van der Waals surface area (Å²) in [6.07, 6.45) is 6.25. The normalized spacial score (nSPS) is 18.5. The highest BCUT2D eigenvalue weighted by molar-refractivity contribution is 5.79. The molecule has 0 saturated carbocycles. The van der Waals surface area contributed by atoms with Crippen molar-refractivity contribution in [1.29, 1.82) is 0 Å². The Morgan fingerprint density at radius 3 is 3.04 bits per heavy atom. The third kappa shape index (κ3) is 4.20. The Labute approximate surface area is 142 Å². The van der Waals surface area contributed by atoms with Crippen LogP contribution >= 0.6 is 0 Å². The van der Waals surface area contributed by atoms with Gasteiger partial charge in [0.2, 0.25) is 5.91 Å². The third-order valence-electron chi connectivity index (χ3n) is 4.62. The Hall–Kier alpha value is -2.21. The summed E-state index contributed by atoms with van der Waals surface area (Å²) >= 11 is 0. The summed E-state index contributed by atoms with van der Waals surface area (Å²) in [5, 5.41) is 10.3. The first kappa shape index (κ1) is 16.6. The zero-order valence-electron chi connectivity index (χ0n) is 14.4. The predicted octanol–water partition coefficient (Wildman–Crippen LogP) is 1.74. The van der Waals surface area contributed by atoms with Crippen molar-refractivity contribution in [3.8, 4) is 0 Å². The molecule has 0 spiro atoms. The van der Waals surface area contributed by atoms with Gasteiger partial charge in [-0.25, -0.2) is 0 Å². The van der Waals surface area contributed by atoms with E-state index in [2.05, 4.69) is 31.5 Å². The molecule has 6 heteroatoms. The van der Waals surface area contributed by atoms with Crippen LogP contribution < -0.4 is 5.32 Å². The summed E-state index contributed by atoms with van der Waals surface area (Å²) in [7, 11) is 0. The molecule has 1 aliphatic rings. The van der Waals surface area contributed by atoms with Crippen LogP contribution in [0.3, 0.4) is 0 Å². The molecule has 1 saturated heterocycles. The number of hydrogen-bond donors (Lipinski definition) is 2. The van der Waals surface area contributed by atoms with Crippen molar-refractivity contribution < 1.29 is 4.79 Å². The average molecular weight is 327 g/mol. The first-order chi connectivity index (χ1) is 11.6. The van der Waals surface area contributed by atoms with Crippen LogP contribution in [-0.2, 0) is 17.8 Å². The number of carbonyl (C=O) groups is 1. The average Bonchev–Trinajstić information content (AvgIpc) is 2.88. The van der Waals surface area contributed by atoms with E-state index in [0.29, 0.717) is 6.42 Å². The van der Waals surface area contributed by atoms with E-state index < -0.39 is 0 Å². The van der Waals surface area contributed by atoms with Crippen LogP contribution in [0.4, 0.5) is 0 Å². The maximum Gasteiger partial charge on any atom is 0.224 e. The number of H-pyrrole nitrogens is 1. The van der Waals surface area contributed by atoms with Crippen LogP contribution in [-0.4, -0.2) is 45.1 Å². The van der Waals surface area contributed by atoms with Crippen molar-refractivity contribution in [3.05, 3.63) is 47.0 Å². The Balaban J connectivity index is 1.52. The standard InChI is InChI=1S/C18H25N5O/c1-13-17(14(2)22-21-13)9-18(24)20-16-6-4-8-23(12-16)11-15-5-3-7-19-10-15/h3,5,7,10,16H,4,6,8-9,11-12H2,1-2H3,(H,20,24)(H,21,22)/t16-/m0/s1. The maximum atomic E-state index is 12.4. The van der Waals surface area contributed by atoms with Gasteiger partial charge in [0.15, 0.2) is 0 Å². The van der Waals surface area contributed by atoms with Crippen LogP contribution in [0.1, 0.15) is 35.4 Å². The Morgan fingerprint density at radius 1 is 1.46 bits per heavy atom. The van der Waals surface area contributed by atoms with Crippen LogP contribution in [0.25, 0.3) is 0 Å². The zero-order valence-corrected chi connectivity index (χ0v) is 14.4. The number of nitrogens with one attached hydrogen (secondary N) is 2. The lowest BCUT2D eigenvalue weighted by Crippen LogP contribution is -2.47. The van der Waals surface area contributed by atoms with E-state index in [4.69, 9.17) is 0 Å². The minimum atomic E-state index is 0.0795. The van der Waals surface area contributed by atoms with E-state index in [0.717, 1.165) is 49.4 Å². The Kier molecular flexibility index (Phi) is 5.25. The van der Waals surface area contributed by atoms with Crippen LogP contribution in [0, 0.1) is 13.8 Å². The molecule has 1 amide bonds. The summed E-state index contributed by atoms with van der Waals surface area (Å²) in [4.78, 5) is 18.9. The molecule has 2 N–H and O–H groups in total. The lowest BCUT2D eigenvalue weighted by atomic mass is 10.0. The summed E-state index contributed by atoms with van der Waals surface area (Å²) in [5.74, 6) is 0.0795. The van der Waals surface area contributed by atoms with Crippen LogP contribution in [0.2, 0.25) is 0 Å². The molecule has 2 aromatic rings. The third-order valence-corrected chi connectivity index (χ3v) is 4.62. The summed E-state index contributed by atoms with van der Waals surface area (Å²) in [6.45, 7) is 6.74. The SMILES string of the molecule is Cc1n[nH]c(C)c1CC(=O)N[C@H]1CCCN(Cc2cccnc2)C1. The topological polar surface area (TPSA) is 73.9 Å². The first-order valence-corrected chi connectivity index (χ1v) is 8.53. The number of aryl methyl sites for hydroxylation is 2. The highest BCUT2D eigenvalue weighted by Gasteiger charge is 2.22. The van der Waals surface area contributed by atoms with Crippen molar-refractivity contribution in [2.45, 2.75) is 45.7 Å². The number of nitrogens with zero attached hydrogens (tertiary/aromatic N) is 3. The number of rotatable bonds is 5. The number of piperidine rings is 1. The van der Waals surface area contributed by atoms with Gasteiger partial charge in [-0.05, 0) is 44.9 Å². The van der Waals surface area contributed by atoms with Crippen molar-refractivity contribution in [1.82, 2.24) is 25.4 Å². The number of likely N-dealkylation sites (tertiary alicyclic amines) is 1. The molecule has 0 aliphatic carbocycles. The van der Waals surface area contributed by atoms with E-state index in [1.54, 1.807) is 6.20 Å². The molecular formula is C18H25N5O. The summed E-state index contributed by atoms with van der Waals surface area (Å²) in [6, 6.07) is 4.28. The fourth-order valence-corrected chi connectivity index (χ4v) is 3.34. The van der Waals surface area contributed by atoms with E-state index in [9.17, 15) is 4.79 Å². The van der Waals surface area contributed by atoms with Gasteiger partial charge in [-0.1, -0.05) is 6.07 Å². The summed E-state index contributed by atoms with van der Waals surface area (Å²) in [5.41, 5.74) is 4.11. The molecule has 6 nitrogen and oxygen atoms in total. The number of pyridine rings is 1. The number of aromatic nitrogens is 3. The molecular weight excluding hydrogens is 302 g/mol. The van der Waals surface area contributed by atoms with Gasteiger partial charge in [0.05, 0.1) is 12.1 Å². The quantitative estimate of drug-likeness (QED) is 0.877. The molecule has 2 aromatic heterocycles. The number of carbonyl (C=O) groups excluding carboxylic acids is 1.